The molecule has 0 aromatic carbocycles. The Kier molecular flexibility index (Phi) is 3.63. The zero-order chi connectivity index (χ0) is 12.3. The van der Waals surface area contributed by atoms with Crippen molar-refractivity contribution < 1.29 is 13.2 Å². The maximum absolute atomic E-state index is 11.5. The molecule has 0 saturated carbocycles. The molecular weight excluding hydrogens is 258 g/mol. The number of hydrogen-bond acceptors (Lipinski definition) is 4. The number of rotatable bonds is 3. The smallest absolute Gasteiger partial charge is 0.244 e. The van der Waals surface area contributed by atoms with E-state index in [9.17, 15) is 13.2 Å². The van der Waals surface area contributed by atoms with Crippen molar-refractivity contribution >= 4 is 33.2 Å². The first kappa shape index (κ1) is 12.3. The molecule has 2 rings (SSSR count). The van der Waals surface area contributed by atoms with Crippen molar-refractivity contribution in [2.24, 2.45) is 0 Å². The van der Waals surface area contributed by atoms with E-state index in [1.54, 1.807) is 17.4 Å². The zero-order valence-electron chi connectivity index (χ0n) is 9.13. The lowest BCUT2D eigenvalue weighted by molar-refractivity contribution is -0.116. The normalized spacial score (nSPS) is 22.9. The SMILES string of the molecule is O=C(/C=C/c1cccs1)N[C@@H]1CCS(=O)(=O)C1. The molecular formula is C11H13NO3S2. The molecule has 1 aliphatic heterocycles. The van der Waals surface area contributed by atoms with Gasteiger partial charge in [-0.25, -0.2) is 8.42 Å². The molecule has 1 aromatic heterocycles. The van der Waals surface area contributed by atoms with E-state index in [1.165, 1.54) is 6.08 Å². The van der Waals surface area contributed by atoms with Gasteiger partial charge >= 0.3 is 0 Å². The average Bonchev–Trinajstić information content (AvgIpc) is 2.85. The van der Waals surface area contributed by atoms with Crippen LogP contribution in [0, 0.1) is 0 Å². The fourth-order valence-corrected chi connectivity index (χ4v) is 3.99. The fourth-order valence-electron chi connectivity index (χ4n) is 1.70. The van der Waals surface area contributed by atoms with Gasteiger partial charge in [0, 0.05) is 17.0 Å². The summed E-state index contributed by atoms with van der Waals surface area (Å²) in [5.41, 5.74) is 0. The quantitative estimate of drug-likeness (QED) is 0.836. The molecule has 1 aliphatic rings. The minimum atomic E-state index is -2.94. The summed E-state index contributed by atoms with van der Waals surface area (Å²) in [6.45, 7) is 0. The Morgan fingerprint density at radius 3 is 2.94 bits per heavy atom. The van der Waals surface area contributed by atoms with Gasteiger partial charge in [0.25, 0.3) is 0 Å². The minimum absolute atomic E-state index is 0.0611. The molecule has 6 heteroatoms. The second kappa shape index (κ2) is 5.01. The lowest BCUT2D eigenvalue weighted by Gasteiger charge is -2.07. The van der Waals surface area contributed by atoms with Crippen molar-refractivity contribution in [2.75, 3.05) is 11.5 Å². The van der Waals surface area contributed by atoms with E-state index >= 15 is 0 Å². The summed E-state index contributed by atoms with van der Waals surface area (Å²) >= 11 is 1.54. The highest BCUT2D eigenvalue weighted by atomic mass is 32.2. The van der Waals surface area contributed by atoms with Crippen molar-refractivity contribution in [3.05, 3.63) is 28.5 Å². The third-order valence-corrected chi connectivity index (χ3v) is 5.13. The summed E-state index contributed by atoms with van der Waals surface area (Å²) in [4.78, 5) is 12.5. The van der Waals surface area contributed by atoms with Crippen molar-refractivity contribution in [3.63, 3.8) is 0 Å². The molecule has 1 aromatic rings. The molecule has 0 unspecified atom stereocenters. The molecule has 0 radical (unpaired) electrons. The number of amides is 1. The van der Waals surface area contributed by atoms with E-state index in [0.717, 1.165) is 4.88 Å². The second-order valence-electron chi connectivity index (χ2n) is 3.96. The van der Waals surface area contributed by atoms with Gasteiger partial charge in [0.15, 0.2) is 9.84 Å². The van der Waals surface area contributed by atoms with E-state index in [-0.39, 0.29) is 23.5 Å². The summed E-state index contributed by atoms with van der Waals surface area (Å²) in [5.74, 6) is -0.00135. The highest BCUT2D eigenvalue weighted by Crippen LogP contribution is 2.12. The van der Waals surface area contributed by atoms with E-state index in [4.69, 9.17) is 0 Å². The van der Waals surface area contributed by atoms with Gasteiger partial charge in [-0.15, -0.1) is 11.3 Å². The second-order valence-corrected chi connectivity index (χ2v) is 7.17. The Hall–Kier alpha value is -1.14. The number of sulfone groups is 1. The lowest BCUT2D eigenvalue weighted by Crippen LogP contribution is -2.34. The average molecular weight is 271 g/mol. The summed E-state index contributed by atoms with van der Waals surface area (Å²) in [5, 5.41) is 4.63. The third-order valence-electron chi connectivity index (χ3n) is 2.52. The van der Waals surface area contributed by atoms with Gasteiger partial charge in [-0.1, -0.05) is 6.07 Å². The molecule has 1 amide bonds. The van der Waals surface area contributed by atoms with Crippen LogP contribution >= 0.6 is 11.3 Å². The lowest BCUT2D eigenvalue weighted by atomic mass is 10.2. The summed E-state index contributed by atoms with van der Waals surface area (Å²) in [7, 11) is -2.94. The molecule has 17 heavy (non-hydrogen) atoms. The number of nitrogens with one attached hydrogen (secondary N) is 1. The number of carbonyl (C=O) groups excluding carboxylic acids is 1. The maximum atomic E-state index is 11.5. The molecule has 1 atom stereocenters. The number of carbonyl (C=O) groups is 1. The van der Waals surface area contributed by atoms with Crippen LogP contribution in [0.4, 0.5) is 0 Å². The fraction of sp³-hybridized carbons (Fsp3) is 0.364. The van der Waals surface area contributed by atoms with Gasteiger partial charge < -0.3 is 5.32 Å². The van der Waals surface area contributed by atoms with Gasteiger partial charge in [-0.2, -0.15) is 0 Å². The first-order valence-corrected chi connectivity index (χ1v) is 7.98. The molecule has 1 fully saturated rings. The molecule has 1 saturated heterocycles. The van der Waals surface area contributed by atoms with Crippen LogP contribution < -0.4 is 5.32 Å². The number of thiophene rings is 1. The first-order chi connectivity index (χ1) is 8.05. The Labute approximate surface area is 104 Å². The molecule has 92 valence electrons. The van der Waals surface area contributed by atoms with Crippen LogP contribution in [0.5, 0.6) is 0 Å². The Morgan fingerprint density at radius 2 is 2.35 bits per heavy atom. The largest absolute Gasteiger partial charge is 0.349 e. The Balaban J connectivity index is 1.86. The van der Waals surface area contributed by atoms with Crippen LogP contribution in [0.2, 0.25) is 0 Å². The van der Waals surface area contributed by atoms with Crippen molar-refractivity contribution in [2.45, 2.75) is 12.5 Å². The minimum Gasteiger partial charge on any atom is -0.349 e. The predicted molar refractivity (Wildman–Crippen MR) is 68.6 cm³/mol. The Morgan fingerprint density at radius 1 is 1.53 bits per heavy atom. The van der Waals surface area contributed by atoms with Crippen LogP contribution in [-0.4, -0.2) is 31.9 Å². The van der Waals surface area contributed by atoms with Gasteiger partial charge in [-0.3, -0.25) is 4.79 Å². The zero-order valence-corrected chi connectivity index (χ0v) is 10.8. The van der Waals surface area contributed by atoms with Crippen molar-refractivity contribution in [1.82, 2.24) is 5.32 Å². The standard InChI is InChI=1S/C11H13NO3S2/c13-11(4-3-10-2-1-6-16-10)12-9-5-7-17(14,15)8-9/h1-4,6,9H,5,7-8H2,(H,12,13)/b4-3+/t9-/m1/s1. The third kappa shape index (κ3) is 3.67. The van der Waals surface area contributed by atoms with Crippen LogP contribution in [0.1, 0.15) is 11.3 Å². The van der Waals surface area contributed by atoms with Crippen LogP contribution in [0.3, 0.4) is 0 Å². The first-order valence-electron chi connectivity index (χ1n) is 5.28. The van der Waals surface area contributed by atoms with Gasteiger partial charge in [-0.05, 0) is 23.9 Å². The molecule has 1 N–H and O–H groups in total. The van der Waals surface area contributed by atoms with Gasteiger partial charge in [0.2, 0.25) is 5.91 Å². The van der Waals surface area contributed by atoms with E-state index in [1.807, 2.05) is 17.5 Å². The summed E-state index contributed by atoms with van der Waals surface area (Å²) in [6.07, 6.45) is 3.68. The predicted octanol–water partition coefficient (Wildman–Crippen LogP) is 1.06. The van der Waals surface area contributed by atoms with E-state index in [2.05, 4.69) is 5.32 Å². The monoisotopic (exact) mass is 271 g/mol. The Bertz CT molecular complexity index is 517. The molecule has 2 heterocycles. The molecule has 0 aliphatic carbocycles. The van der Waals surface area contributed by atoms with Crippen LogP contribution in [0.15, 0.2) is 23.6 Å². The number of hydrogen-bond donors (Lipinski definition) is 1. The van der Waals surface area contributed by atoms with Crippen LogP contribution in [0.25, 0.3) is 6.08 Å². The summed E-state index contributed by atoms with van der Waals surface area (Å²) in [6, 6.07) is 3.58. The highest BCUT2D eigenvalue weighted by molar-refractivity contribution is 7.91. The van der Waals surface area contributed by atoms with Gasteiger partial charge in [0.05, 0.1) is 11.5 Å². The molecule has 0 spiro atoms. The molecule has 0 bridgehead atoms. The highest BCUT2D eigenvalue weighted by Gasteiger charge is 2.28. The van der Waals surface area contributed by atoms with Gasteiger partial charge in [0.1, 0.15) is 0 Å². The van der Waals surface area contributed by atoms with E-state index in [0.29, 0.717) is 6.42 Å². The summed E-state index contributed by atoms with van der Waals surface area (Å²) < 4.78 is 22.4. The maximum Gasteiger partial charge on any atom is 0.244 e. The van der Waals surface area contributed by atoms with E-state index < -0.39 is 9.84 Å². The van der Waals surface area contributed by atoms with Crippen molar-refractivity contribution in [1.29, 1.82) is 0 Å². The topological polar surface area (TPSA) is 63.2 Å². The van der Waals surface area contributed by atoms with Crippen LogP contribution in [-0.2, 0) is 14.6 Å². The molecule has 4 nitrogen and oxygen atoms in total. The van der Waals surface area contributed by atoms with Crippen molar-refractivity contribution in [3.8, 4) is 0 Å².